The van der Waals surface area contributed by atoms with Crippen LogP contribution in [-0.2, 0) is 78.9 Å². The molecule has 0 aliphatic rings. The first-order chi connectivity index (χ1) is 30.3. The number of hydrogen-bond donors (Lipinski definition) is 6. The Bertz CT molecular complexity index is 1760. The maximum Gasteiger partial charge on any atom is 0.0967 e. The second-order valence-corrected chi connectivity index (χ2v) is 15.7. The largest absolute Gasteiger partial charge is 0.392 e. The predicted molar refractivity (Wildman–Crippen MR) is 253 cm³/mol. The van der Waals surface area contributed by atoms with Crippen molar-refractivity contribution in [1.29, 1.82) is 0 Å². The Labute approximate surface area is 386 Å². The zero-order valence-corrected chi connectivity index (χ0v) is 37.9. The Morgan fingerprint density at radius 2 is 0.355 bits per heavy atom. The summed E-state index contributed by atoms with van der Waals surface area (Å²) < 4.78 is 0. The molecule has 0 aliphatic carbocycles. The van der Waals surface area contributed by atoms with Crippen LogP contribution in [0.4, 0.5) is 0 Å². The van der Waals surface area contributed by atoms with Gasteiger partial charge in [0.25, 0.3) is 0 Å². The summed E-state index contributed by atoms with van der Waals surface area (Å²) in [5.74, 6) is 0. The van der Waals surface area contributed by atoms with Crippen LogP contribution in [0.25, 0.3) is 0 Å². The highest BCUT2D eigenvalue weighted by molar-refractivity contribution is 6.41. The van der Waals surface area contributed by atoms with Crippen LogP contribution in [0.3, 0.4) is 0 Å². The molecule has 0 heterocycles. The normalized spacial score (nSPS) is 10.6. The second kappa shape index (κ2) is 31.1. The third-order valence-electron chi connectivity index (χ3n) is 10.1. The average molecular weight is 925 g/mol. The number of halogens is 4. The van der Waals surface area contributed by atoms with Crippen molar-refractivity contribution in [3.63, 3.8) is 0 Å². The summed E-state index contributed by atoms with van der Waals surface area (Å²) in [6.45, 7) is 4.00. The number of alkyl halides is 4. The standard InChI is InChI=1S/2C24H27NO3.2CH2Cl2/c2*26-16-22-10-4-1-7-19(22)13-25(14-20-8-2-5-11-23(20)17-27)15-21-9-3-6-12-24(21)18-28;2*2-1-3/h2*1-12,26-28H,13-18H2;2*1H2. The van der Waals surface area contributed by atoms with Crippen LogP contribution in [0.1, 0.15) is 66.8 Å². The summed E-state index contributed by atoms with van der Waals surface area (Å²) >= 11 is 19.1. The van der Waals surface area contributed by atoms with E-state index in [0.29, 0.717) is 39.3 Å². The van der Waals surface area contributed by atoms with Crippen LogP contribution in [0.15, 0.2) is 146 Å². The van der Waals surface area contributed by atoms with Gasteiger partial charge < -0.3 is 30.6 Å². The van der Waals surface area contributed by atoms with E-state index in [0.717, 1.165) is 66.8 Å². The highest BCUT2D eigenvalue weighted by Crippen LogP contribution is 2.23. The lowest BCUT2D eigenvalue weighted by molar-refractivity contribution is 0.230. The minimum absolute atomic E-state index is 0.00443. The zero-order valence-electron chi connectivity index (χ0n) is 34.8. The van der Waals surface area contributed by atoms with E-state index in [2.05, 4.69) is 9.80 Å². The smallest absolute Gasteiger partial charge is 0.0967 e. The minimum atomic E-state index is 0.00443. The molecule has 8 nitrogen and oxygen atoms in total. The summed E-state index contributed by atoms with van der Waals surface area (Å²) in [5, 5.41) is 58.5. The Kier molecular flexibility index (Phi) is 26.3. The number of benzene rings is 6. The van der Waals surface area contributed by atoms with Gasteiger partial charge in [-0.15, -0.1) is 46.4 Å². The molecular weight excluding hydrogens is 866 g/mol. The molecule has 0 radical (unpaired) electrons. The van der Waals surface area contributed by atoms with Crippen molar-refractivity contribution in [1.82, 2.24) is 9.80 Å². The SMILES string of the molecule is ClCCl.ClCCl.OCc1ccccc1CN(Cc1ccccc1CO)Cc1ccccc1CO.OCc1ccccc1CN(Cc1ccccc1CO)Cc1ccccc1CO. The molecule has 0 saturated carbocycles. The van der Waals surface area contributed by atoms with Gasteiger partial charge in [-0.1, -0.05) is 146 Å². The van der Waals surface area contributed by atoms with Gasteiger partial charge in [0.05, 0.1) is 50.3 Å². The molecule has 0 bridgehead atoms. The van der Waals surface area contributed by atoms with Gasteiger partial charge in [0.2, 0.25) is 0 Å². The van der Waals surface area contributed by atoms with Crippen molar-refractivity contribution < 1.29 is 30.6 Å². The molecule has 0 aromatic heterocycles. The summed E-state index contributed by atoms with van der Waals surface area (Å²) in [7, 11) is 0. The fourth-order valence-electron chi connectivity index (χ4n) is 6.98. The maximum atomic E-state index is 9.69. The molecule has 332 valence electrons. The van der Waals surface area contributed by atoms with Crippen molar-refractivity contribution in [2.45, 2.75) is 78.9 Å². The Balaban J connectivity index is 0.000000293. The molecule has 0 saturated heterocycles. The number of hydrogen-bond acceptors (Lipinski definition) is 8. The minimum Gasteiger partial charge on any atom is -0.392 e. The van der Waals surface area contributed by atoms with Crippen LogP contribution in [0, 0.1) is 0 Å². The lowest BCUT2D eigenvalue weighted by Crippen LogP contribution is -2.24. The van der Waals surface area contributed by atoms with Crippen molar-refractivity contribution in [3.05, 3.63) is 212 Å². The highest BCUT2D eigenvalue weighted by atomic mass is 35.5. The van der Waals surface area contributed by atoms with Gasteiger partial charge in [0, 0.05) is 39.3 Å². The van der Waals surface area contributed by atoms with Crippen molar-refractivity contribution >= 4 is 46.4 Å². The lowest BCUT2D eigenvalue weighted by Gasteiger charge is -2.25. The second-order valence-electron chi connectivity index (χ2n) is 14.1. The van der Waals surface area contributed by atoms with Crippen molar-refractivity contribution in [2.75, 3.05) is 10.7 Å². The molecule has 6 rings (SSSR count). The van der Waals surface area contributed by atoms with E-state index in [-0.39, 0.29) is 50.3 Å². The molecule has 6 aromatic carbocycles. The van der Waals surface area contributed by atoms with Gasteiger partial charge in [0.15, 0.2) is 0 Å². The summed E-state index contributed by atoms with van der Waals surface area (Å²) in [6, 6.07) is 47.4. The Hall–Kier alpha value is -3.84. The van der Waals surface area contributed by atoms with Gasteiger partial charge in [-0.3, -0.25) is 9.80 Å². The van der Waals surface area contributed by atoms with E-state index < -0.39 is 0 Å². The van der Waals surface area contributed by atoms with E-state index in [4.69, 9.17) is 46.4 Å². The number of aliphatic hydroxyl groups is 6. The molecule has 0 atom stereocenters. The Morgan fingerprint density at radius 3 is 0.468 bits per heavy atom. The summed E-state index contributed by atoms with van der Waals surface area (Å²) in [5.41, 5.74) is 12.0. The first-order valence-corrected chi connectivity index (χ1v) is 22.2. The molecule has 6 N–H and O–H groups in total. The number of nitrogens with zero attached hydrogens (tertiary/aromatic N) is 2. The molecule has 0 fully saturated rings. The van der Waals surface area contributed by atoms with Gasteiger partial charge in [-0.2, -0.15) is 0 Å². The van der Waals surface area contributed by atoms with E-state index in [1.165, 1.54) is 0 Å². The first kappa shape index (κ1) is 52.5. The van der Waals surface area contributed by atoms with Gasteiger partial charge >= 0.3 is 0 Å². The van der Waals surface area contributed by atoms with Gasteiger partial charge in [-0.05, 0) is 66.8 Å². The molecule has 0 unspecified atom stereocenters. The molecule has 0 spiro atoms. The summed E-state index contributed by atoms with van der Waals surface area (Å²) in [6.07, 6.45) is 0. The van der Waals surface area contributed by atoms with E-state index in [1.807, 2.05) is 146 Å². The quantitative estimate of drug-likeness (QED) is 0.0471. The summed E-state index contributed by atoms with van der Waals surface area (Å²) in [4.78, 5) is 4.55. The monoisotopic (exact) mass is 922 g/mol. The maximum absolute atomic E-state index is 9.69. The van der Waals surface area contributed by atoms with Crippen LogP contribution < -0.4 is 0 Å². The fraction of sp³-hybridized carbons (Fsp3) is 0.280. The average Bonchev–Trinajstić information content (AvgIpc) is 3.30. The zero-order chi connectivity index (χ0) is 45.0. The fourth-order valence-corrected chi connectivity index (χ4v) is 6.98. The third-order valence-corrected chi connectivity index (χ3v) is 10.1. The molecule has 6 aromatic rings. The number of aliphatic hydroxyl groups excluding tert-OH is 6. The highest BCUT2D eigenvalue weighted by Gasteiger charge is 2.16. The van der Waals surface area contributed by atoms with Crippen LogP contribution in [0.5, 0.6) is 0 Å². The topological polar surface area (TPSA) is 128 Å². The van der Waals surface area contributed by atoms with E-state index >= 15 is 0 Å². The van der Waals surface area contributed by atoms with Crippen LogP contribution in [0.2, 0.25) is 0 Å². The first-order valence-electron chi connectivity index (χ1n) is 20.1. The molecule has 0 aliphatic heterocycles. The molecular formula is C50H58Cl4N2O6. The molecule has 62 heavy (non-hydrogen) atoms. The van der Waals surface area contributed by atoms with E-state index in [1.54, 1.807) is 0 Å². The molecule has 12 heteroatoms. The van der Waals surface area contributed by atoms with Gasteiger partial charge in [0.1, 0.15) is 0 Å². The van der Waals surface area contributed by atoms with E-state index in [9.17, 15) is 30.6 Å². The lowest BCUT2D eigenvalue weighted by atomic mass is 10.0. The van der Waals surface area contributed by atoms with Gasteiger partial charge in [-0.25, -0.2) is 0 Å². The van der Waals surface area contributed by atoms with Crippen LogP contribution >= 0.6 is 46.4 Å². The third kappa shape index (κ3) is 17.7. The van der Waals surface area contributed by atoms with Crippen LogP contribution in [-0.4, -0.2) is 51.1 Å². The number of rotatable bonds is 18. The predicted octanol–water partition coefficient (Wildman–Crippen LogP) is 9.57. The van der Waals surface area contributed by atoms with Crippen molar-refractivity contribution in [3.8, 4) is 0 Å². The molecule has 0 amide bonds. The van der Waals surface area contributed by atoms with Crippen molar-refractivity contribution in [2.24, 2.45) is 0 Å². The Morgan fingerprint density at radius 1 is 0.242 bits per heavy atom.